The average Bonchev–Trinajstić information content (AvgIpc) is 3.23. The number of guanidine groups is 1. The second-order valence-corrected chi connectivity index (χ2v) is 6.92. The monoisotopic (exact) mass is 403 g/mol. The van der Waals surface area contributed by atoms with Crippen molar-refractivity contribution in [2.75, 3.05) is 44.2 Å². The van der Waals surface area contributed by atoms with Gasteiger partial charge in [0.25, 0.3) is 0 Å². The summed E-state index contributed by atoms with van der Waals surface area (Å²) in [6, 6.07) is 11.5. The molecule has 0 saturated carbocycles. The van der Waals surface area contributed by atoms with Gasteiger partial charge in [0, 0.05) is 43.4 Å². The van der Waals surface area contributed by atoms with Gasteiger partial charge in [-0.15, -0.1) is 0 Å². The molecule has 150 valence electrons. The molecule has 2 aromatic rings. The number of furan rings is 1. The van der Waals surface area contributed by atoms with Crippen LogP contribution in [0.2, 0.25) is 5.02 Å². The van der Waals surface area contributed by atoms with E-state index in [1.807, 2.05) is 31.2 Å². The summed E-state index contributed by atoms with van der Waals surface area (Å²) in [6.07, 6.45) is 1.59. The van der Waals surface area contributed by atoms with E-state index in [9.17, 15) is 4.79 Å². The Balaban J connectivity index is 1.52. The highest BCUT2D eigenvalue weighted by Crippen LogP contribution is 2.20. The Bertz CT molecular complexity index is 786. The zero-order chi connectivity index (χ0) is 19.8. The number of benzene rings is 1. The van der Waals surface area contributed by atoms with Gasteiger partial charge in [-0.25, -0.2) is 4.99 Å². The van der Waals surface area contributed by atoms with Crippen molar-refractivity contribution in [3.8, 4) is 0 Å². The van der Waals surface area contributed by atoms with E-state index in [0.717, 1.165) is 55.2 Å². The van der Waals surface area contributed by atoms with Gasteiger partial charge in [-0.3, -0.25) is 4.79 Å². The molecule has 8 heteroatoms. The number of carbonyl (C=O) groups is 1. The topological polar surface area (TPSA) is 73.1 Å². The normalized spacial score (nSPS) is 14.9. The van der Waals surface area contributed by atoms with E-state index in [4.69, 9.17) is 16.0 Å². The number of amides is 1. The van der Waals surface area contributed by atoms with Crippen LogP contribution in [0.3, 0.4) is 0 Å². The van der Waals surface area contributed by atoms with Crippen LogP contribution in [0, 0.1) is 0 Å². The molecule has 0 spiro atoms. The minimum absolute atomic E-state index is 0.0809. The number of carbonyl (C=O) groups excluding carboxylic acids is 1. The fraction of sp³-hybridized carbons (Fsp3) is 0.400. The number of nitrogens with one attached hydrogen (secondary N) is 2. The van der Waals surface area contributed by atoms with Gasteiger partial charge in [0.15, 0.2) is 5.96 Å². The summed E-state index contributed by atoms with van der Waals surface area (Å²) in [5, 5.41) is 6.84. The van der Waals surface area contributed by atoms with Crippen molar-refractivity contribution in [3.05, 3.63) is 53.4 Å². The summed E-state index contributed by atoms with van der Waals surface area (Å²) >= 11 is 6.10. The molecule has 1 fully saturated rings. The minimum atomic E-state index is -0.135. The number of piperazine rings is 1. The second-order valence-electron chi connectivity index (χ2n) is 6.48. The first-order chi connectivity index (χ1) is 13.7. The molecule has 1 amide bonds. The van der Waals surface area contributed by atoms with Gasteiger partial charge in [0.05, 0.1) is 12.8 Å². The van der Waals surface area contributed by atoms with Crippen molar-refractivity contribution in [1.29, 1.82) is 0 Å². The van der Waals surface area contributed by atoms with Crippen LogP contribution in [-0.4, -0.2) is 56.0 Å². The summed E-state index contributed by atoms with van der Waals surface area (Å²) in [7, 11) is 0. The molecule has 0 bridgehead atoms. The van der Waals surface area contributed by atoms with Gasteiger partial charge >= 0.3 is 0 Å². The molecule has 3 rings (SSSR count). The predicted molar refractivity (Wildman–Crippen MR) is 112 cm³/mol. The molecule has 0 unspecified atom stereocenters. The molecule has 1 aliphatic rings. The smallest absolute Gasteiger partial charge is 0.242 e. The second kappa shape index (κ2) is 10.0. The Morgan fingerprint density at radius 1 is 1.18 bits per heavy atom. The Labute approximate surface area is 170 Å². The third-order valence-electron chi connectivity index (χ3n) is 4.50. The van der Waals surface area contributed by atoms with Gasteiger partial charge in [0.2, 0.25) is 5.91 Å². The Hall–Kier alpha value is -2.67. The maximum absolute atomic E-state index is 12.1. The maximum Gasteiger partial charge on any atom is 0.242 e. The number of rotatable bonds is 6. The van der Waals surface area contributed by atoms with Crippen molar-refractivity contribution in [2.45, 2.75) is 13.5 Å². The molecule has 1 aromatic carbocycles. The summed E-state index contributed by atoms with van der Waals surface area (Å²) < 4.78 is 5.21. The first-order valence-electron chi connectivity index (χ1n) is 9.48. The van der Waals surface area contributed by atoms with Crippen LogP contribution in [0.15, 0.2) is 52.1 Å². The van der Waals surface area contributed by atoms with Crippen molar-refractivity contribution in [2.24, 2.45) is 4.99 Å². The number of halogens is 1. The third kappa shape index (κ3) is 5.66. The van der Waals surface area contributed by atoms with E-state index in [2.05, 4.69) is 31.5 Å². The first kappa shape index (κ1) is 20.1. The third-order valence-corrected chi connectivity index (χ3v) is 4.73. The molecule has 1 saturated heterocycles. The van der Waals surface area contributed by atoms with Crippen LogP contribution in [0.4, 0.5) is 5.69 Å². The lowest BCUT2D eigenvalue weighted by molar-refractivity contribution is -0.119. The standard InChI is InChI=1S/C20H26ClN5O2/c1-2-22-20(24-15-19(27)23-14-18-7-4-12-28-18)26-10-8-25(9-11-26)17-6-3-5-16(21)13-17/h3-7,12-13H,2,8-11,14-15H2,1H3,(H,22,24)(H,23,27). The number of aliphatic imine (C=N–C) groups is 1. The van der Waals surface area contributed by atoms with Crippen LogP contribution in [0.25, 0.3) is 0 Å². The quantitative estimate of drug-likeness (QED) is 0.572. The molecule has 0 aliphatic carbocycles. The summed E-state index contributed by atoms with van der Waals surface area (Å²) in [5.41, 5.74) is 1.13. The highest BCUT2D eigenvalue weighted by atomic mass is 35.5. The largest absolute Gasteiger partial charge is 0.467 e. The Morgan fingerprint density at radius 2 is 2.00 bits per heavy atom. The molecule has 0 radical (unpaired) electrons. The zero-order valence-corrected chi connectivity index (χ0v) is 16.8. The van der Waals surface area contributed by atoms with Crippen molar-refractivity contribution >= 4 is 29.2 Å². The number of hydrogen-bond donors (Lipinski definition) is 2. The van der Waals surface area contributed by atoms with E-state index >= 15 is 0 Å². The molecule has 7 nitrogen and oxygen atoms in total. The molecule has 2 N–H and O–H groups in total. The lowest BCUT2D eigenvalue weighted by atomic mass is 10.2. The fourth-order valence-electron chi connectivity index (χ4n) is 3.08. The highest BCUT2D eigenvalue weighted by molar-refractivity contribution is 6.30. The number of anilines is 1. The Kier molecular flexibility index (Phi) is 7.19. The molecule has 2 heterocycles. The van der Waals surface area contributed by atoms with Gasteiger partial charge in [-0.05, 0) is 37.3 Å². The zero-order valence-electron chi connectivity index (χ0n) is 16.0. The van der Waals surface area contributed by atoms with E-state index in [0.29, 0.717) is 6.54 Å². The minimum Gasteiger partial charge on any atom is -0.467 e. The van der Waals surface area contributed by atoms with Crippen LogP contribution in [0.5, 0.6) is 0 Å². The number of hydrogen-bond acceptors (Lipinski definition) is 4. The van der Waals surface area contributed by atoms with Gasteiger partial charge < -0.3 is 24.9 Å². The first-order valence-corrected chi connectivity index (χ1v) is 9.86. The molecule has 0 atom stereocenters. The van der Waals surface area contributed by atoms with Crippen LogP contribution >= 0.6 is 11.6 Å². The van der Waals surface area contributed by atoms with Gasteiger partial charge in [0.1, 0.15) is 12.3 Å². The average molecular weight is 404 g/mol. The lowest BCUT2D eigenvalue weighted by Crippen LogP contribution is -2.52. The van der Waals surface area contributed by atoms with E-state index < -0.39 is 0 Å². The van der Waals surface area contributed by atoms with E-state index in [1.54, 1.807) is 12.3 Å². The molecular formula is C20H26ClN5O2. The summed E-state index contributed by atoms with van der Waals surface area (Å²) in [6.45, 7) is 6.62. The highest BCUT2D eigenvalue weighted by Gasteiger charge is 2.20. The van der Waals surface area contributed by atoms with Crippen LogP contribution in [0.1, 0.15) is 12.7 Å². The Morgan fingerprint density at radius 3 is 2.68 bits per heavy atom. The van der Waals surface area contributed by atoms with Gasteiger partial charge in [-0.2, -0.15) is 0 Å². The molecule has 1 aromatic heterocycles. The fourth-order valence-corrected chi connectivity index (χ4v) is 3.26. The van der Waals surface area contributed by atoms with Crippen molar-refractivity contribution in [1.82, 2.24) is 15.5 Å². The molecule has 28 heavy (non-hydrogen) atoms. The molecule has 1 aliphatic heterocycles. The summed E-state index contributed by atoms with van der Waals surface area (Å²) in [4.78, 5) is 21.1. The van der Waals surface area contributed by atoms with Gasteiger partial charge in [-0.1, -0.05) is 17.7 Å². The lowest BCUT2D eigenvalue weighted by Gasteiger charge is -2.37. The predicted octanol–water partition coefficient (Wildman–Crippen LogP) is 2.34. The number of nitrogens with zero attached hydrogens (tertiary/aromatic N) is 3. The SMILES string of the molecule is CCNC(=NCC(=O)NCc1ccco1)N1CCN(c2cccc(Cl)c2)CC1. The van der Waals surface area contributed by atoms with Crippen molar-refractivity contribution < 1.29 is 9.21 Å². The summed E-state index contributed by atoms with van der Waals surface area (Å²) in [5.74, 6) is 1.35. The van der Waals surface area contributed by atoms with Crippen LogP contribution in [-0.2, 0) is 11.3 Å². The van der Waals surface area contributed by atoms with E-state index in [1.165, 1.54) is 0 Å². The van der Waals surface area contributed by atoms with Crippen molar-refractivity contribution in [3.63, 3.8) is 0 Å². The molecular weight excluding hydrogens is 378 g/mol. The van der Waals surface area contributed by atoms with Crippen LogP contribution < -0.4 is 15.5 Å². The van der Waals surface area contributed by atoms with E-state index in [-0.39, 0.29) is 12.5 Å². The maximum atomic E-state index is 12.1.